The average Bonchev–Trinajstić information content (AvgIpc) is 2.49. The molecule has 1 fully saturated rings. The van der Waals surface area contributed by atoms with Gasteiger partial charge >= 0.3 is 25.7 Å². The van der Waals surface area contributed by atoms with Crippen molar-refractivity contribution in [3.8, 4) is 0 Å². The molecular weight excluding hydrogens is 393 g/mol. The Morgan fingerprint density at radius 1 is 1.11 bits per heavy atom. The number of ether oxygens (including phenoxy) is 4. The lowest BCUT2D eigenvalue weighted by Gasteiger charge is -2.43. The van der Waals surface area contributed by atoms with Crippen molar-refractivity contribution in [3.63, 3.8) is 0 Å². The first-order valence-electron chi connectivity index (χ1n) is 7.36. The molecule has 0 aliphatic carbocycles. The number of phosphoric acid groups is 1. The van der Waals surface area contributed by atoms with Gasteiger partial charge in [-0.1, -0.05) is 5.11 Å². The number of carbonyl (C=O) groups excluding carboxylic acids is 3. The molecule has 0 spiro atoms. The minimum atomic E-state index is -5.13. The highest BCUT2D eigenvalue weighted by molar-refractivity contribution is 7.46. The number of phosphoric ester groups is 1. The van der Waals surface area contributed by atoms with Gasteiger partial charge in [0.1, 0.15) is 18.8 Å². The van der Waals surface area contributed by atoms with Gasteiger partial charge in [0, 0.05) is 25.7 Å². The van der Waals surface area contributed by atoms with E-state index in [2.05, 4.69) is 14.5 Å². The van der Waals surface area contributed by atoms with Crippen LogP contribution in [0.25, 0.3) is 10.4 Å². The Hall–Kier alpha value is -2.21. The number of azide groups is 1. The molecule has 1 aliphatic rings. The lowest BCUT2D eigenvalue weighted by Crippen LogP contribution is -2.61. The highest BCUT2D eigenvalue weighted by Gasteiger charge is 2.52. The summed E-state index contributed by atoms with van der Waals surface area (Å²) in [5.74, 6) is -2.44. The molecule has 1 heterocycles. The molecule has 0 amide bonds. The van der Waals surface area contributed by atoms with Crippen molar-refractivity contribution in [3.05, 3.63) is 10.4 Å². The van der Waals surface area contributed by atoms with Crippen molar-refractivity contribution < 1.29 is 52.2 Å². The topological polar surface area (TPSA) is 204 Å². The van der Waals surface area contributed by atoms with Gasteiger partial charge in [0.2, 0.25) is 0 Å². The number of carbonyl (C=O) groups is 3. The fraction of sp³-hybridized carbons (Fsp3) is 0.750. The van der Waals surface area contributed by atoms with Gasteiger partial charge in [-0.2, -0.15) is 0 Å². The summed E-state index contributed by atoms with van der Waals surface area (Å²) in [4.78, 5) is 54.5. The van der Waals surface area contributed by atoms with E-state index in [0.717, 1.165) is 20.8 Å². The van der Waals surface area contributed by atoms with E-state index in [9.17, 15) is 18.9 Å². The van der Waals surface area contributed by atoms with E-state index in [1.807, 2.05) is 0 Å². The van der Waals surface area contributed by atoms with E-state index in [1.54, 1.807) is 0 Å². The number of hydrogen-bond acceptors (Lipinski definition) is 10. The maximum atomic E-state index is 11.4. The molecule has 1 unspecified atom stereocenters. The summed E-state index contributed by atoms with van der Waals surface area (Å²) < 4.78 is 35.7. The Bertz CT molecular complexity index is 674. The third-order valence-corrected chi connectivity index (χ3v) is 3.58. The smallest absolute Gasteiger partial charge is 0.463 e. The molecular formula is C12H18N3O11P. The van der Waals surface area contributed by atoms with E-state index < -0.39 is 63.0 Å². The Morgan fingerprint density at radius 2 is 1.67 bits per heavy atom. The third-order valence-electron chi connectivity index (χ3n) is 3.10. The van der Waals surface area contributed by atoms with Gasteiger partial charge < -0.3 is 28.7 Å². The molecule has 0 radical (unpaired) electrons. The van der Waals surface area contributed by atoms with Crippen LogP contribution in [0.5, 0.6) is 0 Å². The maximum absolute atomic E-state index is 11.4. The van der Waals surface area contributed by atoms with Gasteiger partial charge in [0.15, 0.2) is 18.5 Å². The molecule has 0 aromatic carbocycles. The summed E-state index contributed by atoms with van der Waals surface area (Å²) in [6.07, 6.45) is -6.19. The normalized spacial score (nSPS) is 27.8. The number of esters is 3. The molecule has 5 atom stereocenters. The molecule has 0 bridgehead atoms. The van der Waals surface area contributed by atoms with Crippen LogP contribution in [0.15, 0.2) is 5.11 Å². The fourth-order valence-corrected chi connectivity index (χ4v) is 2.73. The first kappa shape index (κ1) is 22.8. The SMILES string of the molecule is CC(=O)OC[C@H]1OC(OP(=O)(O)O)[C@H](N=[N+]=[N-])[C@@H](OC(C)=O)[C@H]1OC(C)=O. The number of rotatable bonds is 7. The van der Waals surface area contributed by atoms with E-state index >= 15 is 0 Å². The summed E-state index contributed by atoms with van der Waals surface area (Å²) in [5, 5.41) is 3.28. The maximum Gasteiger partial charge on any atom is 0.471 e. The highest BCUT2D eigenvalue weighted by atomic mass is 31.2. The lowest BCUT2D eigenvalue weighted by atomic mass is 9.97. The lowest BCUT2D eigenvalue weighted by molar-refractivity contribution is -0.255. The van der Waals surface area contributed by atoms with Crippen molar-refractivity contribution >= 4 is 25.7 Å². The van der Waals surface area contributed by atoms with Crippen molar-refractivity contribution in [2.45, 2.75) is 51.4 Å². The zero-order valence-electron chi connectivity index (χ0n) is 14.5. The van der Waals surface area contributed by atoms with Crippen LogP contribution in [-0.4, -0.2) is 64.9 Å². The van der Waals surface area contributed by atoms with Crippen molar-refractivity contribution in [2.75, 3.05) is 6.61 Å². The monoisotopic (exact) mass is 411 g/mol. The summed E-state index contributed by atoms with van der Waals surface area (Å²) >= 11 is 0. The van der Waals surface area contributed by atoms with Crippen LogP contribution in [-0.2, 0) is 42.4 Å². The average molecular weight is 411 g/mol. The predicted octanol–water partition coefficient (Wildman–Crippen LogP) is -0.0740. The molecule has 1 saturated heterocycles. The highest BCUT2D eigenvalue weighted by Crippen LogP contribution is 2.42. The van der Waals surface area contributed by atoms with E-state index in [1.165, 1.54) is 0 Å². The molecule has 0 saturated carbocycles. The second-order valence-corrected chi connectivity index (χ2v) is 6.48. The van der Waals surface area contributed by atoms with Gasteiger partial charge in [-0.3, -0.25) is 18.9 Å². The van der Waals surface area contributed by atoms with Gasteiger partial charge in [-0.25, -0.2) is 4.57 Å². The molecule has 1 aliphatic heterocycles. The van der Waals surface area contributed by atoms with Crippen LogP contribution >= 0.6 is 7.82 Å². The van der Waals surface area contributed by atoms with Gasteiger partial charge in [-0.15, -0.1) is 0 Å². The summed E-state index contributed by atoms with van der Waals surface area (Å²) in [5.41, 5.74) is 8.73. The van der Waals surface area contributed by atoms with Crippen LogP contribution in [0, 0.1) is 0 Å². The Labute approximate surface area is 152 Å². The Kier molecular flexibility index (Phi) is 8.16. The first-order valence-corrected chi connectivity index (χ1v) is 8.89. The van der Waals surface area contributed by atoms with Crippen LogP contribution < -0.4 is 0 Å². The molecule has 1 rings (SSSR count). The van der Waals surface area contributed by atoms with Crippen LogP contribution in [0.2, 0.25) is 0 Å². The minimum Gasteiger partial charge on any atom is -0.463 e. The second-order valence-electron chi connectivity index (χ2n) is 5.29. The second kappa shape index (κ2) is 9.65. The number of nitrogens with zero attached hydrogens (tertiary/aromatic N) is 3. The predicted molar refractivity (Wildman–Crippen MR) is 82.5 cm³/mol. The standard InChI is InChI=1S/C12H18N3O11P/c1-5(16)22-4-8-10(23-6(2)17)11(24-7(3)18)9(14-15-13)12(25-8)26-27(19,20)21/h8-12H,4H2,1-3H3,(H2,19,20,21)/t8-,9-,10+,11-,12?/m1/s1. The number of hydrogen-bond donors (Lipinski definition) is 2. The third kappa shape index (κ3) is 7.51. The zero-order chi connectivity index (χ0) is 20.8. The summed E-state index contributed by atoms with van der Waals surface area (Å²) in [7, 11) is -5.13. The Balaban J connectivity index is 3.33. The van der Waals surface area contributed by atoms with Crippen LogP contribution in [0.1, 0.15) is 20.8 Å². The largest absolute Gasteiger partial charge is 0.471 e. The van der Waals surface area contributed by atoms with Crippen molar-refractivity contribution in [2.24, 2.45) is 5.11 Å². The van der Waals surface area contributed by atoms with E-state index in [0.29, 0.717) is 0 Å². The molecule has 0 aromatic heterocycles. The Morgan fingerprint density at radius 3 is 2.11 bits per heavy atom. The van der Waals surface area contributed by atoms with Crippen LogP contribution in [0.3, 0.4) is 0 Å². The summed E-state index contributed by atoms with van der Waals surface area (Å²) in [6.45, 7) is 2.59. The molecule has 2 N–H and O–H groups in total. The summed E-state index contributed by atoms with van der Waals surface area (Å²) in [6, 6.07) is -1.62. The van der Waals surface area contributed by atoms with Crippen LogP contribution in [0.4, 0.5) is 0 Å². The van der Waals surface area contributed by atoms with E-state index in [4.69, 9.17) is 34.3 Å². The van der Waals surface area contributed by atoms with Gasteiger partial charge in [-0.05, 0) is 5.53 Å². The van der Waals surface area contributed by atoms with Gasteiger partial charge in [0.25, 0.3) is 0 Å². The quantitative estimate of drug-likeness (QED) is 0.142. The van der Waals surface area contributed by atoms with Crippen molar-refractivity contribution in [1.82, 2.24) is 0 Å². The van der Waals surface area contributed by atoms with Gasteiger partial charge in [0.05, 0.1) is 0 Å². The van der Waals surface area contributed by atoms with E-state index in [-0.39, 0.29) is 0 Å². The first-order chi connectivity index (χ1) is 12.4. The fourth-order valence-electron chi connectivity index (χ4n) is 2.29. The molecule has 27 heavy (non-hydrogen) atoms. The molecule has 152 valence electrons. The molecule has 15 heteroatoms. The molecule has 0 aromatic rings. The minimum absolute atomic E-state index is 0.533. The molecule has 14 nitrogen and oxygen atoms in total. The van der Waals surface area contributed by atoms with Crippen molar-refractivity contribution in [1.29, 1.82) is 0 Å². The zero-order valence-corrected chi connectivity index (χ0v) is 15.3.